The van der Waals surface area contributed by atoms with Gasteiger partial charge < -0.3 is 4.74 Å². The molecule has 2 rings (SSSR count). The average Bonchev–Trinajstić information content (AvgIpc) is 2.52. The Morgan fingerprint density at radius 1 is 1.05 bits per heavy atom. The van der Waals surface area contributed by atoms with Crippen LogP contribution in [0.3, 0.4) is 0 Å². The first-order chi connectivity index (χ1) is 10.2. The van der Waals surface area contributed by atoms with E-state index in [1.165, 1.54) is 0 Å². The Balaban J connectivity index is 2.13. The first-order valence-corrected chi connectivity index (χ1v) is 7.13. The summed E-state index contributed by atoms with van der Waals surface area (Å²) in [5, 5.41) is 12.3. The number of nitriles is 1. The molecule has 1 atom stereocenters. The van der Waals surface area contributed by atoms with Gasteiger partial charge in [0.05, 0.1) is 6.07 Å². The van der Waals surface area contributed by atoms with Crippen molar-refractivity contribution in [3.8, 4) is 22.9 Å². The lowest BCUT2D eigenvalue weighted by Crippen LogP contribution is -2.38. The zero-order chi connectivity index (χ0) is 15.1. The lowest BCUT2D eigenvalue weighted by molar-refractivity contribution is 0.283. The fourth-order valence-corrected chi connectivity index (χ4v) is 2.15. The molecule has 0 fully saturated rings. The van der Waals surface area contributed by atoms with Gasteiger partial charge >= 0.3 is 0 Å². The number of nitrogens with zero attached hydrogens (tertiary/aromatic N) is 1. The predicted octanol–water partition coefficient (Wildman–Crippen LogP) is 3.62. The molecule has 0 radical (unpaired) electrons. The molecule has 0 saturated heterocycles. The van der Waals surface area contributed by atoms with Gasteiger partial charge in [-0.25, -0.2) is 0 Å². The van der Waals surface area contributed by atoms with Crippen molar-refractivity contribution < 1.29 is 4.74 Å². The van der Waals surface area contributed by atoms with Crippen LogP contribution in [0.2, 0.25) is 0 Å². The zero-order valence-electron chi connectivity index (χ0n) is 12.4. The lowest BCUT2D eigenvalue weighted by Gasteiger charge is -2.17. The molecule has 2 aromatic carbocycles. The van der Waals surface area contributed by atoms with Gasteiger partial charge in [-0.15, -0.1) is 0 Å². The molecule has 2 aromatic rings. The van der Waals surface area contributed by atoms with E-state index in [9.17, 15) is 0 Å². The van der Waals surface area contributed by atoms with Crippen LogP contribution in [0.5, 0.6) is 5.75 Å². The molecule has 0 saturated carbocycles. The number of nitrogens with one attached hydrogen (secondary N) is 1. The Hall–Kier alpha value is -2.31. The maximum absolute atomic E-state index is 9.15. The van der Waals surface area contributed by atoms with Crippen LogP contribution >= 0.6 is 0 Å². The second kappa shape index (κ2) is 7.47. The number of hydrogen-bond donors (Lipinski definition) is 1. The van der Waals surface area contributed by atoms with Crippen molar-refractivity contribution >= 4 is 0 Å². The van der Waals surface area contributed by atoms with Gasteiger partial charge in [0.2, 0.25) is 0 Å². The van der Waals surface area contributed by atoms with Gasteiger partial charge in [-0.05, 0) is 25.5 Å². The van der Waals surface area contributed by atoms with Crippen molar-refractivity contribution in [2.45, 2.75) is 25.9 Å². The third kappa shape index (κ3) is 4.34. The molecule has 21 heavy (non-hydrogen) atoms. The van der Waals surface area contributed by atoms with Gasteiger partial charge in [0.25, 0.3) is 0 Å². The second-order valence-corrected chi connectivity index (χ2v) is 5.18. The van der Waals surface area contributed by atoms with Gasteiger partial charge in [0.1, 0.15) is 18.4 Å². The quantitative estimate of drug-likeness (QED) is 0.879. The van der Waals surface area contributed by atoms with E-state index >= 15 is 0 Å². The molecule has 108 valence electrons. The Bertz CT molecular complexity index is 602. The van der Waals surface area contributed by atoms with Crippen LogP contribution < -0.4 is 10.1 Å². The smallest absolute Gasteiger partial charge is 0.130 e. The number of ether oxygens (including phenoxy) is 1. The Morgan fingerprint density at radius 3 is 2.38 bits per heavy atom. The van der Waals surface area contributed by atoms with Gasteiger partial charge in [0, 0.05) is 11.6 Å². The van der Waals surface area contributed by atoms with Crippen LogP contribution in [-0.4, -0.2) is 18.7 Å². The first kappa shape index (κ1) is 15.1. The van der Waals surface area contributed by atoms with Crippen molar-refractivity contribution in [3.05, 3.63) is 54.6 Å². The summed E-state index contributed by atoms with van der Waals surface area (Å²) in [6.45, 7) is 4.36. The Labute approximate surface area is 126 Å². The normalized spacial score (nSPS) is 11.9. The summed E-state index contributed by atoms with van der Waals surface area (Å²) in [6, 6.07) is 20.2. The summed E-state index contributed by atoms with van der Waals surface area (Å²) in [5.74, 6) is 0.800. The summed E-state index contributed by atoms with van der Waals surface area (Å²) >= 11 is 0. The minimum Gasteiger partial charge on any atom is -0.490 e. The van der Waals surface area contributed by atoms with E-state index in [0.29, 0.717) is 6.61 Å². The number of rotatable bonds is 6. The molecular weight excluding hydrogens is 260 g/mol. The first-order valence-electron chi connectivity index (χ1n) is 7.13. The number of benzene rings is 2. The van der Waals surface area contributed by atoms with E-state index in [-0.39, 0.29) is 12.1 Å². The van der Waals surface area contributed by atoms with Crippen molar-refractivity contribution in [1.82, 2.24) is 5.32 Å². The SMILES string of the molecule is CC(C)NC(C#N)COc1ccccc1-c1ccccc1. The highest BCUT2D eigenvalue weighted by molar-refractivity contribution is 5.70. The zero-order valence-corrected chi connectivity index (χ0v) is 12.4. The molecular formula is C18H20N2O. The monoisotopic (exact) mass is 280 g/mol. The molecule has 0 spiro atoms. The molecule has 0 aromatic heterocycles. The lowest BCUT2D eigenvalue weighted by atomic mass is 10.1. The highest BCUT2D eigenvalue weighted by atomic mass is 16.5. The minimum absolute atomic E-state index is 0.252. The van der Waals surface area contributed by atoms with E-state index in [1.54, 1.807) is 0 Å². The highest BCUT2D eigenvalue weighted by Crippen LogP contribution is 2.29. The maximum Gasteiger partial charge on any atom is 0.130 e. The fourth-order valence-electron chi connectivity index (χ4n) is 2.15. The maximum atomic E-state index is 9.15. The summed E-state index contributed by atoms with van der Waals surface area (Å²) in [6.07, 6.45) is 0. The molecule has 1 N–H and O–H groups in total. The van der Waals surface area contributed by atoms with E-state index in [1.807, 2.05) is 56.3 Å². The summed E-state index contributed by atoms with van der Waals surface area (Å²) in [5.41, 5.74) is 2.15. The largest absolute Gasteiger partial charge is 0.490 e. The number of hydrogen-bond acceptors (Lipinski definition) is 3. The Morgan fingerprint density at radius 2 is 1.71 bits per heavy atom. The standard InChI is InChI=1S/C18H20N2O/c1-14(2)20-16(12-19)13-21-18-11-7-6-10-17(18)15-8-4-3-5-9-15/h3-11,14,16,20H,13H2,1-2H3. The predicted molar refractivity (Wildman–Crippen MR) is 85.0 cm³/mol. The molecule has 0 heterocycles. The van der Waals surface area contributed by atoms with Gasteiger partial charge in [-0.1, -0.05) is 48.5 Å². The van der Waals surface area contributed by atoms with E-state index < -0.39 is 0 Å². The Kier molecular flexibility index (Phi) is 5.36. The molecule has 0 bridgehead atoms. The molecule has 0 aliphatic heterocycles. The van der Waals surface area contributed by atoms with Crippen LogP contribution in [0.15, 0.2) is 54.6 Å². The van der Waals surface area contributed by atoms with Crippen LogP contribution in [0, 0.1) is 11.3 Å². The molecule has 3 heteroatoms. The average molecular weight is 280 g/mol. The van der Waals surface area contributed by atoms with Crippen molar-refractivity contribution in [2.24, 2.45) is 0 Å². The van der Waals surface area contributed by atoms with Crippen molar-refractivity contribution in [2.75, 3.05) is 6.61 Å². The van der Waals surface area contributed by atoms with Crippen LogP contribution in [0.25, 0.3) is 11.1 Å². The van der Waals surface area contributed by atoms with E-state index in [0.717, 1.165) is 16.9 Å². The van der Waals surface area contributed by atoms with Crippen LogP contribution in [0.1, 0.15) is 13.8 Å². The van der Waals surface area contributed by atoms with Crippen molar-refractivity contribution in [3.63, 3.8) is 0 Å². The topological polar surface area (TPSA) is 45.0 Å². The third-order valence-corrected chi connectivity index (χ3v) is 3.07. The van der Waals surface area contributed by atoms with E-state index in [4.69, 9.17) is 10.00 Å². The summed E-state index contributed by atoms with van der Waals surface area (Å²) in [7, 11) is 0. The molecule has 0 aliphatic carbocycles. The van der Waals surface area contributed by atoms with Gasteiger partial charge in [0.15, 0.2) is 0 Å². The number of para-hydroxylation sites is 1. The molecule has 1 unspecified atom stereocenters. The van der Waals surface area contributed by atoms with Gasteiger partial charge in [-0.2, -0.15) is 5.26 Å². The summed E-state index contributed by atoms with van der Waals surface area (Å²) in [4.78, 5) is 0. The van der Waals surface area contributed by atoms with E-state index in [2.05, 4.69) is 23.5 Å². The molecule has 3 nitrogen and oxygen atoms in total. The fraction of sp³-hybridized carbons (Fsp3) is 0.278. The van der Waals surface area contributed by atoms with Gasteiger partial charge in [-0.3, -0.25) is 5.32 Å². The minimum atomic E-state index is -0.311. The molecule has 0 aliphatic rings. The molecule has 0 amide bonds. The van der Waals surface area contributed by atoms with Crippen molar-refractivity contribution in [1.29, 1.82) is 5.26 Å². The highest BCUT2D eigenvalue weighted by Gasteiger charge is 2.11. The second-order valence-electron chi connectivity index (χ2n) is 5.18. The third-order valence-electron chi connectivity index (χ3n) is 3.07. The van der Waals surface area contributed by atoms with Crippen LogP contribution in [-0.2, 0) is 0 Å². The summed E-state index contributed by atoms with van der Waals surface area (Å²) < 4.78 is 5.86. The van der Waals surface area contributed by atoms with Crippen LogP contribution in [0.4, 0.5) is 0 Å².